The first-order chi connectivity index (χ1) is 43.5. The first-order valence-corrected chi connectivity index (χ1v) is 32.6. The van der Waals surface area contributed by atoms with E-state index in [9.17, 15) is 59.4 Å². The summed E-state index contributed by atoms with van der Waals surface area (Å²) in [6.45, 7) is 12.1. The Morgan fingerprint density at radius 2 is 1.17 bits per heavy atom. The first-order valence-electron chi connectivity index (χ1n) is 32.6. The molecule has 6 saturated carbocycles. The Morgan fingerprint density at radius 3 is 1.71 bits per heavy atom. The van der Waals surface area contributed by atoms with Crippen LogP contribution in [0.4, 0.5) is 5.69 Å². The molecule has 13 rings (SSSR count). The van der Waals surface area contributed by atoms with Crippen LogP contribution in [0.15, 0.2) is 145 Å². The van der Waals surface area contributed by atoms with Gasteiger partial charge in [-0.3, -0.25) is 28.8 Å². The van der Waals surface area contributed by atoms with Gasteiger partial charge in [-0.25, -0.2) is 0 Å². The van der Waals surface area contributed by atoms with Crippen molar-refractivity contribution in [1.29, 1.82) is 0 Å². The Morgan fingerprint density at radius 1 is 0.663 bits per heavy atom. The normalized spacial score (nSPS) is 36.1. The average Bonchev–Trinajstić information content (AvgIpc) is 1.48. The molecule has 9 aliphatic rings. The minimum atomic E-state index is -2.05. The van der Waals surface area contributed by atoms with Gasteiger partial charge in [0.1, 0.15) is 25.1 Å². The fraction of sp³-hybridized carbons (Fsp3) is 0.500. The van der Waals surface area contributed by atoms with E-state index in [2.05, 4.69) is 13.8 Å². The molecule has 4 aromatic carbocycles. The molecular weight excluding hydrogens is 1170 g/mol. The van der Waals surface area contributed by atoms with E-state index < -0.39 is 88.2 Å². The Bertz CT molecular complexity index is 3660. The highest BCUT2D eigenvalue weighted by Crippen LogP contribution is 2.71. The van der Waals surface area contributed by atoms with Gasteiger partial charge in [-0.1, -0.05) is 136 Å². The number of fused-ring (bicyclic) bond motifs is 12. The van der Waals surface area contributed by atoms with Crippen LogP contribution in [0.5, 0.6) is 0 Å². The van der Waals surface area contributed by atoms with Crippen LogP contribution in [-0.4, -0.2) is 120 Å². The second-order valence-electron chi connectivity index (χ2n) is 29.4. The number of allylic oxidation sites excluding steroid dienone is 8. The quantitative estimate of drug-likeness (QED) is 0.0396. The van der Waals surface area contributed by atoms with Crippen molar-refractivity contribution in [3.05, 3.63) is 184 Å². The molecular formula is C76H89NO15. The van der Waals surface area contributed by atoms with E-state index in [1.54, 1.807) is 31.2 Å². The number of Topliss-reactive ketones (excluding diaryl/α,β-unsaturated/α-hetero) is 2. The van der Waals surface area contributed by atoms with Gasteiger partial charge in [0.25, 0.3) is 0 Å². The monoisotopic (exact) mass is 1260 g/mol. The van der Waals surface area contributed by atoms with Crippen molar-refractivity contribution in [1.82, 2.24) is 0 Å². The van der Waals surface area contributed by atoms with E-state index in [1.165, 1.54) is 0 Å². The Balaban J connectivity index is 0.000000150. The molecule has 0 bridgehead atoms. The van der Waals surface area contributed by atoms with Crippen molar-refractivity contribution in [2.75, 3.05) is 18.9 Å². The van der Waals surface area contributed by atoms with Gasteiger partial charge >= 0.3 is 5.97 Å². The number of carbonyl (C=O) groups excluding carboxylic acids is 6. The molecule has 17 atom stereocenters. The second kappa shape index (κ2) is 25.1. The Kier molecular flexibility index (Phi) is 18.2. The van der Waals surface area contributed by atoms with E-state index in [1.807, 2.05) is 137 Å². The molecule has 0 radical (unpaired) electrons. The van der Waals surface area contributed by atoms with Crippen LogP contribution in [0.1, 0.15) is 150 Å². The lowest BCUT2D eigenvalue weighted by Crippen LogP contribution is -2.63. The van der Waals surface area contributed by atoms with Crippen LogP contribution in [0, 0.1) is 57.2 Å². The van der Waals surface area contributed by atoms with Gasteiger partial charge in [0.2, 0.25) is 0 Å². The fourth-order valence-electron chi connectivity index (χ4n) is 18.9. The zero-order chi connectivity index (χ0) is 66.1. The number of aliphatic hydroxyl groups is 6. The minimum Gasteiger partial charge on any atom is -0.460 e. The van der Waals surface area contributed by atoms with Crippen LogP contribution in [-0.2, 0) is 57.4 Å². The van der Waals surface area contributed by atoms with Crippen molar-refractivity contribution < 1.29 is 73.6 Å². The molecule has 0 amide bonds. The van der Waals surface area contributed by atoms with Crippen LogP contribution < -0.4 is 5.73 Å². The number of esters is 1. The summed E-state index contributed by atoms with van der Waals surface area (Å²) in [6.07, 6.45) is 13.6. The van der Waals surface area contributed by atoms with Crippen LogP contribution in [0.3, 0.4) is 0 Å². The highest BCUT2D eigenvalue weighted by molar-refractivity contribution is 6.02. The third-order valence-corrected chi connectivity index (χ3v) is 23.0. The number of carbonyl (C=O) groups is 6. The third kappa shape index (κ3) is 11.7. The summed E-state index contributed by atoms with van der Waals surface area (Å²) in [5.41, 5.74) is 9.31. The maximum absolute atomic E-state index is 13.7. The number of hydrogen-bond acceptors (Lipinski definition) is 16. The maximum Gasteiger partial charge on any atom is 0.310 e. The van der Waals surface area contributed by atoms with Gasteiger partial charge < -0.3 is 50.6 Å². The molecule has 1 heterocycles. The van der Waals surface area contributed by atoms with Crippen molar-refractivity contribution >= 4 is 41.1 Å². The van der Waals surface area contributed by atoms with Crippen molar-refractivity contribution in [3.63, 3.8) is 0 Å². The van der Waals surface area contributed by atoms with E-state index in [-0.39, 0.29) is 78.1 Å². The SMILES string of the molecule is CC(C)(C)OC(=O)Cc1cccc(Cc2ccc(C=O)cc2)c1.C[C@]12C=CC(=O)C=C1CC[C@@H]1[C@@H]2[C@@H](O)C[C@@]2(C)[C@H]1C[C@@H](O)[C@]2(O)C(=O)CO.C[C@]12C=CC(=O)C=C1CC[C@@H]1[C@@H]2[C@@H](O)C[C@@]2(C)[C@H]1C[C@H]1O[C@@H](c3ccc(Cc4cccc(N)c4)cc3)O[C@]12C(=O)CO. The van der Waals surface area contributed by atoms with Gasteiger partial charge in [0.15, 0.2) is 40.6 Å². The van der Waals surface area contributed by atoms with Crippen LogP contribution >= 0.6 is 0 Å². The number of aldehydes is 1. The number of ketones is 4. The van der Waals surface area contributed by atoms with Crippen LogP contribution in [0.25, 0.3) is 0 Å². The maximum atomic E-state index is 13.7. The molecule has 1 aliphatic heterocycles. The smallest absolute Gasteiger partial charge is 0.310 e. The van der Waals surface area contributed by atoms with Gasteiger partial charge in [-0.2, -0.15) is 0 Å². The molecule has 16 nitrogen and oxygen atoms in total. The lowest BCUT2D eigenvalue weighted by Gasteiger charge is -2.59. The van der Waals surface area contributed by atoms with Gasteiger partial charge in [-0.05, 0) is 173 Å². The molecule has 0 unspecified atom stereocenters. The number of rotatable bonds is 12. The number of anilines is 1. The summed E-state index contributed by atoms with van der Waals surface area (Å²) in [6, 6.07) is 31.3. The van der Waals surface area contributed by atoms with Crippen LogP contribution in [0.2, 0.25) is 0 Å². The van der Waals surface area contributed by atoms with Crippen molar-refractivity contribution in [2.45, 2.75) is 167 Å². The number of hydrogen-bond donors (Lipinski definition) is 7. The lowest BCUT2D eigenvalue weighted by atomic mass is 9.46. The van der Waals surface area contributed by atoms with Gasteiger partial charge in [-0.15, -0.1) is 0 Å². The molecule has 7 fully saturated rings. The lowest BCUT2D eigenvalue weighted by molar-refractivity contribution is -0.201. The third-order valence-electron chi connectivity index (χ3n) is 23.0. The number of aliphatic hydroxyl groups excluding tert-OH is 5. The number of nitrogens with two attached hydrogens (primary N) is 1. The Hall–Kier alpha value is -6.86. The summed E-state index contributed by atoms with van der Waals surface area (Å²) < 4.78 is 18.6. The largest absolute Gasteiger partial charge is 0.460 e. The topological polar surface area (TPSA) is 278 Å². The second-order valence-corrected chi connectivity index (χ2v) is 29.4. The van der Waals surface area contributed by atoms with E-state index >= 15 is 0 Å². The van der Waals surface area contributed by atoms with Crippen molar-refractivity contribution in [3.8, 4) is 0 Å². The molecule has 0 aromatic heterocycles. The highest BCUT2D eigenvalue weighted by atomic mass is 16.7. The molecule has 0 spiro atoms. The molecule has 92 heavy (non-hydrogen) atoms. The number of ether oxygens (including phenoxy) is 3. The number of benzene rings is 4. The molecule has 8 aliphatic carbocycles. The summed E-state index contributed by atoms with van der Waals surface area (Å²) in [5, 5.41) is 64.3. The zero-order valence-corrected chi connectivity index (χ0v) is 53.8. The standard InChI is InChI=1S/C35H39NO6.C21H28O6.C20H22O3/c1-33-13-12-25(38)16-23(33)10-11-26-27-17-30-35(29(40)19-37,34(27,2)18-28(39)31(26)33)42-32(41-30)22-8-6-20(7-9-22)14-21-4-3-5-24(36)15-21;1-19-6-5-12(23)7-11(19)3-4-13-14-8-16(25)21(27,17(26)10-22)20(14,2)9-15(24)18(13)19;1-20(2,3)23-19(22)13-18-6-4-5-17(12-18)11-15-7-9-16(14-21)10-8-15/h3-9,12-13,15-16,26-28,30-32,37,39H,10-11,14,17-19,36H2,1-2H3;5-7,13-16,18,22,24-25,27H,3-4,8-10H2,1-2H3;4-10,12,14H,11,13H2,1-3H3/t26-,27-,28-,30+,31+,32+,33-,34-,35+;13-,14-,15-,16+,18+,19-,20-,21-;/m00./s1. The predicted molar refractivity (Wildman–Crippen MR) is 344 cm³/mol. The molecule has 8 N–H and O–H groups in total. The fourth-order valence-corrected chi connectivity index (χ4v) is 18.9. The van der Waals surface area contributed by atoms with E-state index in [0.717, 1.165) is 95.0 Å². The van der Waals surface area contributed by atoms with Gasteiger partial charge in [0, 0.05) is 50.3 Å². The molecule has 488 valence electrons. The van der Waals surface area contributed by atoms with Gasteiger partial charge in [0.05, 0.1) is 30.8 Å². The zero-order valence-electron chi connectivity index (χ0n) is 53.8. The average molecular weight is 1260 g/mol. The van der Waals surface area contributed by atoms with Crippen molar-refractivity contribution in [2.24, 2.45) is 57.2 Å². The summed E-state index contributed by atoms with van der Waals surface area (Å²) in [4.78, 5) is 72.7. The Labute approximate surface area is 538 Å². The molecule has 16 heteroatoms. The summed E-state index contributed by atoms with van der Waals surface area (Å²) >= 11 is 0. The minimum absolute atomic E-state index is 0.00425. The summed E-state index contributed by atoms with van der Waals surface area (Å²) in [5.74, 6) is -1.56. The summed E-state index contributed by atoms with van der Waals surface area (Å²) in [7, 11) is 0. The highest BCUT2D eigenvalue weighted by Gasteiger charge is 2.76. The molecule has 4 aromatic rings. The van der Waals surface area contributed by atoms with E-state index in [0.29, 0.717) is 18.4 Å². The molecule has 1 saturated heterocycles. The predicted octanol–water partition coefficient (Wildman–Crippen LogP) is 8.96. The first kappa shape index (κ1) is 66.6. The van der Waals surface area contributed by atoms with E-state index in [4.69, 9.17) is 19.9 Å². The number of nitrogen functional groups attached to an aromatic ring is 1.